The molecule has 2 fully saturated rings. The highest BCUT2D eigenvalue weighted by molar-refractivity contribution is 7.89. The summed E-state index contributed by atoms with van der Waals surface area (Å²) in [4.78, 5) is 15.2. The number of carbonyl (C=O) groups is 1. The molecule has 2 aliphatic rings. The number of ether oxygens (including phenoxy) is 2. The lowest BCUT2D eigenvalue weighted by Gasteiger charge is -2.43. The van der Waals surface area contributed by atoms with Crippen molar-refractivity contribution < 1.29 is 22.7 Å². The average molecular weight is 397 g/mol. The molecule has 0 radical (unpaired) electrons. The van der Waals surface area contributed by atoms with E-state index < -0.39 is 15.6 Å². The molecule has 0 bridgehead atoms. The number of benzene rings is 1. The van der Waals surface area contributed by atoms with Gasteiger partial charge in [0.05, 0.1) is 13.7 Å². The monoisotopic (exact) mass is 396 g/mol. The Morgan fingerprint density at radius 2 is 1.85 bits per heavy atom. The summed E-state index contributed by atoms with van der Waals surface area (Å²) in [6.07, 6.45) is 2.58. The summed E-state index contributed by atoms with van der Waals surface area (Å²) in [5.74, 6) is 0.209. The van der Waals surface area contributed by atoms with Crippen molar-refractivity contribution in [2.24, 2.45) is 0 Å². The molecule has 1 spiro atoms. The van der Waals surface area contributed by atoms with Gasteiger partial charge in [0.2, 0.25) is 15.9 Å². The first-order valence-electron chi connectivity index (χ1n) is 9.32. The van der Waals surface area contributed by atoms with Crippen molar-refractivity contribution in [2.75, 3.05) is 40.5 Å². The van der Waals surface area contributed by atoms with Crippen LogP contribution < -0.4 is 4.74 Å². The number of hydrogen-bond acceptors (Lipinski definition) is 5. The largest absolute Gasteiger partial charge is 0.495 e. The summed E-state index contributed by atoms with van der Waals surface area (Å²) in [5.41, 5.74) is -0.154. The fraction of sp³-hybridized carbons (Fsp3) is 0.632. The number of sulfonamides is 1. The number of aryl methyl sites for hydroxylation is 1. The molecule has 7 nitrogen and oxygen atoms in total. The minimum Gasteiger partial charge on any atom is -0.495 e. The topological polar surface area (TPSA) is 76.2 Å². The van der Waals surface area contributed by atoms with Crippen molar-refractivity contribution in [2.45, 2.75) is 43.0 Å². The zero-order valence-corrected chi connectivity index (χ0v) is 17.0. The second-order valence-corrected chi connectivity index (χ2v) is 9.09. The van der Waals surface area contributed by atoms with E-state index in [0.29, 0.717) is 51.3 Å². The molecule has 0 saturated carbocycles. The van der Waals surface area contributed by atoms with E-state index in [0.717, 1.165) is 12.0 Å². The summed E-state index contributed by atoms with van der Waals surface area (Å²) >= 11 is 0. The molecular weight excluding hydrogens is 368 g/mol. The van der Waals surface area contributed by atoms with Gasteiger partial charge in [-0.25, -0.2) is 8.42 Å². The van der Waals surface area contributed by atoms with Crippen molar-refractivity contribution in [3.8, 4) is 5.75 Å². The molecule has 1 amide bonds. The summed E-state index contributed by atoms with van der Waals surface area (Å²) in [5, 5.41) is 0. The Morgan fingerprint density at radius 3 is 2.52 bits per heavy atom. The zero-order chi connectivity index (χ0) is 19.7. The molecule has 2 heterocycles. The van der Waals surface area contributed by atoms with Crippen molar-refractivity contribution in [3.05, 3.63) is 23.8 Å². The summed E-state index contributed by atoms with van der Waals surface area (Å²) in [7, 11) is -0.801. The van der Waals surface area contributed by atoms with Crippen LogP contribution >= 0.6 is 0 Å². The van der Waals surface area contributed by atoms with Gasteiger partial charge in [-0.2, -0.15) is 4.31 Å². The smallest absolute Gasteiger partial charge is 0.247 e. The molecule has 0 aliphatic carbocycles. The molecule has 8 heteroatoms. The number of rotatable bonds is 6. The Morgan fingerprint density at radius 1 is 1.15 bits per heavy atom. The third-order valence-corrected chi connectivity index (χ3v) is 7.57. The lowest BCUT2D eigenvalue weighted by molar-refractivity contribution is -0.145. The van der Waals surface area contributed by atoms with Crippen LogP contribution in [-0.4, -0.2) is 69.5 Å². The van der Waals surface area contributed by atoms with Crippen LogP contribution in [0.3, 0.4) is 0 Å². The Balaban J connectivity index is 2.00. The minimum atomic E-state index is -3.86. The van der Waals surface area contributed by atoms with Crippen LogP contribution in [0.15, 0.2) is 23.1 Å². The van der Waals surface area contributed by atoms with Crippen LogP contribution in [0, 0.1) is 6.92 Å². The van der Waals surface area contributed by atoms with Crippen molar-refractivity contribution in [1.82, 2.24) is 9.21 Å². The van der Waals surface area contributed by atoms with E-state index in [-0.39, 0.29) is 10.8 Å². The summed E-state index contributed by atoms with van der Waals surface area (Å²) < 4.78 is 39.0. The number of likely N-dealkylation sites (tertiary alicyclic amines) is 1. The Hall–Kier alpha value is -1.64. The van der Waals surface area contributed by atoms with Crippen LogP contribution in [0.5, 0.6) is 5.75 Å². The second-order valence-electron chi connectivity index (χ2n) is 7.26. The zero-order valence-electron chi connectivity index (χ0n) is 16.2. The second kappa shape index (κ2) is 7.77. The van der Waals surface area contributed by atoms with Gasteiger partial charge in [0.25, 0.3) is 0 Å². The van der Waals surface area contributed by atoms with Crippen LogP contribution in [0.4, 0.5) is 0 Å². The maximum absolute atomic E-state index is 13.6. The number of amides is 1. The summed E-state index contributed by atoms with van der Waals surface area (Å²) in [6, 6.07) is 5.10. The van der Waals surface area contributed by atoms with Gasteiger partial charge in [0.15, 0.2) is 0 Å². The summed E-state index contributed by atoms with van der Waals surface area (Å²) in [6.45, 7) is 3.77. The van der Waals surface area contributed by atoms with Gasteiger partial charge >= 0.3 is 0 Å². The first-order chi connectivity index (χ1) is 12.9. The van der Waals surface area contributed by atoms with E-state index in [1.807, 2.05) is 13.0 Å². The van der Waals surface area contributed by atoms with Crippen LogP contribution in [-0.2, 0) is 19.6 Å². The van der Waals surface area contributed by atoms with Crippen molar-refractivity contribution in [3.63, 3.8) is 0 Å². The van der Waals surface area contributed by atoms with Gasteiger partial charge in [0.1, 0.15) is 16.2 Å². The van der Waals surface area contributed by atoms with E-state index in [1.165, 1.54) is 11.4 Å². The molecule has 0 aromatic heterocycles. The SMILES string of the molecule is COCCN1CCCC2(CCCN2S(=O)(=O)c2cc(C)ccc2OC)C1=O. The quantitative estimate of drug-likeness (QED) is 0.733. The van der Waals surface area contributed by atoms with E-state index in [2.05, 4.69) is 0 Å². The van der Waals surface area contributed by atoms with Gasteiger partial charge in [-0.1, -0.05) is 6.07 Å². The Bertz CT molecular complexity index is 810. The van der Waals surface area contributed by atoms with Gasteiger partial charge in [0, 0.05) is 26.7 Å². The number of nitrogens with zero attached hydrogens (tertiary/aromatic N) is 2. The standard InChI is InChI=1S/C19H28N2O5S/c1-15-6-7-16(26-3)17(14-15)27(23,24)21-11-5-9-19(21)8-4-10-20(18(19)22)12-13-25-2/h6-7,14H,4-5,8-13H2,1-3H3. The highest BCUT2D eigenvalue weighted by atomic mass is 32.2. The lowest BCUT2D eigenvalue weighted by atomic mass is 9.86. The molecule has 150 valence electrons. The number of carbonyl (C=O) groups excluding carboxylic acids is 1. The molecule has 3 rings (SSSR count). The predicted octanol–water partition coefficient (Wildman–Crippen LogP) is 1.80. The van der Waals surface area contributed by atoms with Crippen LogP contribution in [0.1, 0.15) is 31.2 Å². The minimum absolute atomic E-state index is 0.0986. The van der Waals surface area contributed by atoms with E-state index in [9.17, 15) is 13.2 Å². The maximum Gasteiger partial charge on any atom is 0.247 e. The third kappa shape index (κ3) is 3.46. The van der Waals surface area contributed by atoms with E-state index >= 15 is 0 Å². The van der Waals surface area contributed by atoms with Crippen molar-refractivity contribution in [1.29, 1.82) is 0 Å². The Labute approximate surface area is 161 Å². The molecular formula is C19H28N2O5S. The maximum atomic E-state index is 13.6. The number of methoxy groups -OCH3 is 2. The van der Waals surface area contributed by atoms with E-state index in [1.54, 1.807) is 24.1 Å². The van der Waals surface area contributed by atoms with Gasteiger partial charge in [-0.3, -0.25) is 4.79 Å². The third-order valence-electron chi connectivity index (χ3n) is 5.59. The normalized spacial score (nSPS) is 24.0. The van der Waals surface area contributed by atoms with Gasteiger partial charge < -0.3 is 14.4 Å². The molecule has 1 unspecified atom stereocenters. The number of hydrogen-bond donors (Lipinski definition) is 0. The van der Waals surface area contributed by atoms with Gasteiger partial charge in [-0.05, 0) is 50.3 Å². The molecule has 27 heavy (non-hydrogen) atoms. The molecule has 1 aromatic carbocycles. The fourth-order valence-corrected chi connectivity index (χ4v) is 6.32. The molecule has 1 atom stereocenters. The molecule has 0 N–H and O–H groups in total. The highest BCUT2D eigenvalue weighted by Gasteiger charge is 2.55. The first-order valence-corrected chi connectivity index (χ1v) is 10.8. The lowest BCUT2D eigenvalue weighted by Crippen LogP contribution is -2.61. The Kier molecular flexibility index (Phi) is 5.79. The van der Waals surface area contributed by atoms with E-state index in [4.69, 9.17) is 9.47 Å². The van der Waals surface area contributed by atoms with Crippen molar-refractivity contribution >= 4 is 15.9 Å². The first kappa shape index (κ1) is 20.1. The molecule has 2 aliphatic heterocycles. The van der Waals surface area contributed by atoms with Gasteiger partial charge in [-0.15, -0.1) is 0 Å². The predicted molar refractivity (Wildman–Crippen MR) is 101 cm³/mol. The van der Waals surface area contributed by atoms with Crippen LogP contribution in [0.2, 0.25) is 0 Å². The van der Waals surface area contributed by atoms with Crippen LogP contribution in [0.25, 0.3) is 0 Å². The molecule has 2 saturated heterocycles. The molecule has 1 aromatic rings. The average Bonchev–Trinajstić information content (AvgIpc) is 3.08. The fourth-order valence-electron chi connectivity index (χ4n) is 4.25. The number of piperidine rings is 1. The highest BCUT2D eigenvalue weighted by Crippen LogP contribution is 2.43.